The number of rotatable bonds is 4. The summed E-state index contributed by atoms with van der Waals surface area (Å²) < 4.78 is 26.0. The summed E-state index contributed by atoms with van der Waals surface area (Å²) in [7, 11) is 3.10. The Morgan fingerprint density at radius 2 is 1.62 bits per heavy atom. The monoisotopic (exact) mass is 417 g/mol. The van der Waals surface area contributed by atoms with Gasteiger partial charge in [0.15, 0.2) is 11.5 Å². The molecular formula is C15H14Br2FNO2. The van der Waals surface area contributed by atoms with Gasteiger partial charge in [-0.15, -0.1) is 0 Å². The second-order valence-electron chi connectivity index (χ2n) is 4.37. The van der Waals surface area contributed by atoms with Crippen molar-refractivity contribution >= 4 is 31.9 Å². The molecule has 0 heterocycles. The maximum atomic E-state index is 14.0. The van der Waals surface area contributed by atoms with E-state index in [1.54, 1.807) is 38.5 Å². The molecule has 0 aromatic heterocycles. The molecule has 0 spiro atoms. The van der Waals surface area contributed by atoms with Gasteiger partial charge in [-0.1, -0.05) is 31.9 Å². The predicted octanol–water partition coefficient (Wildman–Crippen LogP) is 4.42. The summed E-state index contributed by atoms with van der Waals surface area (Å²) in [5.41, 5.74) is 7.33. The third kappa shape index (κ3) is 3.39. The second-order valence-corrected chi connectivity index (χ2v) is 6.14. The number of methoxy groups -OCH3 is 2. The molecule has 0 fully saturated rings. The standard InChI is InChI=1S/C15H14Br2FNO2/c1-20-13-6-9(11(17)7-14(13)21-2)15(19)10-5-8(16)3-4-12(10)18/h3-7,15H,19H2,1-2H3. The van der Waals surface area contributed by atoms with Crippen molar-refractivity contribution in [2.24, 2.45) is 5.73 Å². The summed E-state index contributed by atoms with van der Waals surface area (Å²) in [5, 5.41) is 0. The number of hydrogen-bond acceptors (Lipinski definition) is 3. The fourth-order valence-electron chi connectivity index (χ4n) is 2.03. The van der Waals surface area contributed by atoms with Crippen LogP contribution in [-0.2, 0) is 0 Å². The fraction of sp³-hybridized carbons (Fsp3) is 0.200. The molecule has 112 valence electrons. The smallest absolute Gasteiger partial charge is 0.161 e. The van der Waals surface area contributed by atoms with Crippen LogP contribution in [0.15, 0.2) is 39.3 Å². The minimum atomic E-state index is -0.628. The van der Waals surface area contributed by atoms with Crippen LogP contribution in [0.5, 0.6) is 11.5 Å². The van der Waals surface area contributed by atoms with Gasteiger partial charge in [-0.3, -0.25) is 0 Å². The molecule has 0 aliphatic rings. The molecule has 0 amide bonds. The molecule has 0 aliphatic heterocycles. The van der Waals surface area contributed by atoms with Crippen LogP contribution in [0.2, 0.25) is 0 Å². The van der Waals surface area contributed by atoms with Crippen molar-refractivity contribution in [2.75, 3.05) is 14.2 Å². The van der Waals surface area contributed by atoms with Crippen molar-refractivity contribution in [2.45, 2.75) is 6.04 Å². The van der Waals surface area contributed by atoms with Crippen molar-refractivity contribution in [1.82, 2.24) is 0 Å². The minimum absolute atomic E-state index is 0.354. The Morgan fingerprint density at radius 1 is 1.00 bits per heavy atom. The normalized spacial score (nSPS) is 12.1. The lowest BCUT2D eigenvalue weighted by molar-refractivity contribution is 0.354. The molecule has 0 radical (unpaired) electrons. The van der Waals surface area contributed by atoms with Gasteiger partial charge in [0.1, 0.15) is 5.82 Å². The lowest BCUT2D eigenvalue weighted by Gasteiger charge is -2.18. The molecule has 21 heavy (non-hydrogen) atoms. The van der Waals surface area contributed by atoms with Gasteiger partial charge in [0.25, 0.3) is 0 Å². The average molecular weight is 419 g/mol. The topological polar surface area (TPSA) is 44.5 Å². The molecule has 2 aromatic carbocycles. The van der Waals surface area contributed by atoms with Gasteiger partial charge in [-0.25, -0.2) is 4.39 Å². The van der Waals surface area contributed by atoms with E-state index in [0.717, 1.165) is 8.95 Å². The molecule has 2 aromatic rings. The van der Waals surface area contributed by atoms with Crippen LogP contribution >= 0.6 is 31.9 Å². The quantitative estimate of drug-likeness (QED) is 0.799. The van der Waals surface area contributed by atoms with E-state index in [4.69, 9.17) is 15.2 Å². The average Bonchev–Trinajstić information content (AvgIpc) is 2.48. The van der Waals surface area contributed by atoms with Gasteiger partial charge < -0.3 is 15.2 Å². The van der Waals surface area contributed by atoms with E-state index in [2.05, 4.69) is 31.9 Å². The van der Waals surface area contributed by atoms with Crippen molar-refractivity contribution in [1.29, 1.82) is 0 Å². The highest BCUT2D eigenvalue weighted by Crippen LogP contribution is 2.37. The van der Waals surface area contributed by atoms with Gasteiger partial charge in [-0.05, 0) is 35.9 Å². The van der Waals surface area contributed by atoms with Crippen LogP contribution in [0.25, 0.3) is 0 Å². The first-order chi connectivity index (χ1) is 9.97. The Hall–Kier alpha value is -1.11. The summed E-state index contributed by atoms with van der Waals surface area (Å²) in [6, 6.07) is 7.56. The maximum absolute atomic E-state index is 14.0. The van der Waals surface area contributed by atoms with E-state index in [0.29, 0.717) is 22.6 Å². The molecule has 0 saturated carbocycles. The summed E-state index contributed by atoms with van der Waals surface area (Å²) >= 11 is 6.77. The Bertz CT molecular complexity index is 664. The van der Waals surface area contributed by atoms with Gasteiger partial charge in [0.2, 0.25) is 0 Å². The Kier molecular flexibility index (Phi) is 5.24. The number of halogens is 3. The predicted molar refractivity (Wildman–Crippen MR) is 87.4 cm³/mol. The van der Waals surface area contributed by atoms with Gasteiger partial charge in [0.05, 0.1) is 20.3 Å². The fourth-order valence-corrected chi connectivity index (χ4v) is 2.98. The van der Waals surface area contributed by atoms with Gasteiger partial charge in [-0.2, -0.15) is 0 Å². The molecule has 0 bridgehead atoms. The molecule has 0 saturated heterocycles. The Balaban J connectivity index is 2.52. The first-order valence-corrected chi connectivity index (χ1v) is 7.68. The third-order valence-electron chi connectivity index (χ3n) is 3.13. The van der Waals surface area contributed by atoms with Crippen LogP contribution in [0.1, 0.15) is 17.2 Å². The summed E-state index contributed by atoms with van der Waals surface area (Å²) in [6.07, 6.45) is 0. The van der Waals surface area contributed by atoms with E-state index in [-0.39, 0.29) is 5.82 Å². The number of nitrogens with two attached hydrogens (primary N) is 1. The molecule has 2 N–H and O–H groups in total. The lowest BCUT2D eigenvalue weighted by Crippen LogP contribution is -2.14. The molecule has 1 unspecified atom stereocenters. The van der Waals surface area contributed by atoms with Gasteiger partial charge in [0, 0.05) is 14.5 Å². The van der Waals surface area contributed by atoms with E-state index in [9.17, 15) is 4.39 Å². The molecular weight excluding hydrogens is 405 g/mol. The molecule has 3 nitrogen and oxygen atoms in total. The van der Waals surface area contributed by atoms with Crippen LogP contribution in [0, 0.1) is 5.82 Å². The van der Waals surface area contributed by atoms with Crippen molar-refractivity contribution in [3.05, 3.63) is 56.2 Å². The highest BCUT2D eigenvalue weighted by atomic mass is 79.9. The second kappa shape index (κ2) is 6.77. The number of ether oxygens (including phenoxy) is 2. The summed E-state index contributed by atoms with van der Waals surface area (Å²) in [6.45, 7) is 0. The first kappa shape index (κ1) is 16.3. The Morgan fingerprint density at radius 3 is 2.24 bits per heavy atom. The largest absolute Gasteiger partial charge is 0.493 e. The molecule has 2 rings (SSSR count). The van der Waals surface area contributed by atoms with Gasteiger partial charge >= 0.3 is 0 Å². The molecule has 6 heteroatoms. The Labute approximate surface area is 139 Å². The zero-order chi connectivity index (χ0) is 15.6. The zero-order valence-electron chi connectivity index (χ0n) is 11.5. The van der Waals surface area contributed by atoms with E-state index < -0.39 is 6.04 Å². The van der Waals surface area contributed by atoms with Crippen molar-refractivity contribution in [3.63, 3.8) is 0 Å². The number of benzene rings is 2. The van der Waals surface area contributed by atoms with Crippen LogP contribution in [-0.4, -0.2) is 14.2 Å². The van der Waals surface area contributed by atoms with E-state index in [1.165, 1.54) is 6.07 Å². The van der Waals surface area contributed by atoms with Crippen molar-refractivity contribution < 1.29 is 13.9 Å². The maximum Gasteiger partial charge on any atom is 0.161 e. The third-order valence-corrected chi connectivity index (χ3v) is 4.31. The first-order valence-electron chi connectivity index (χ1n) is 6.10. The van der Waals surface area contributed by atoms with E-state index >= 15 is 0 Å². The number of hydrogen-bond donors (Lipinski definition) is 1. The van der Waals surface area contributed by atoms with Crippen molar-refractivity contribution in [3.8, 4) is 11.5 Å². The zero-order valence-corrected chi connectivity index (χ0v) is 14.7. The SMILES string of the molecule is COc1cc(Br)c(C(N)c2cc(Br)ccc2F)cc1OC. The van der Waals surface area contributed by atoms with E-state index in [1.807, 2.05) is 0 Å². The molecule has 1 atom stereocenters. The van der Waals surface area contributed by atoms with Crippen LogP contribution in [0.4, 0.5) is 4.39 Å². The molecule has 0 aliphatic carbocycles. The lowest BCUT2D eigenvalue weighted by atomic mass is 9.98. The summed E-state index contributed by atoms with van der Waals surface area (Å²) in [5.74, 6) is 0.768. The summed E-state index contributed by atoms with van der Waals surface area (Å²) in [4.78, 5) is 0. The van der Waals surface area contributed by atoms with Crippen LogP contribution in [0.3, 0.4) is 0 Å². The van der Waals surface area contributed by atoms with Crippen LogP contribution < -0.4 is 15.2 Å². The highest BCUT2D eigenvalue weighted by molar-refractivity contribution is 9.10. The highest BCUT2D eigenvalue weighted by Gasteiger charge is 2.19. The minimum Gasteiger partial charge on any atom is -0.493 e.